The van der Waals surface area contributed by atoms with Gasteiger partial charge in [0, 0.05) is 19.1 Å². The molecule has 1 N–H and O–H groups in total. The Labute approximate surface area is 113 Å². The van der Waals surface area contributed by atoms with E-state index in [-0.39, 0.29) is 17.2 Å². The molecule has 2 fully saturated rings. The first-order valence-electron chi connectivity index (χ1n) is 6.34. The lowest BCUT2D eigenvalue weighted by atomic mass is 10.1. The summed E-state index contributed by atoms with van der Waals surface area (Å²) in [6, 6.07) is -0.110. The summed E-state index contributed by atoms with van der Waals surface area (Å²) in [5.41, 5.74) is 0. The van der Waals surface area contributed by atoms with Gasteiger partial charge in [0.2, 0.25) is 15.9 Å². The highest BCUT2D eigenvalue weighted by Gasteiger charge is 2.41. The van der Waals surface area contributed by atoms with Crippen molar-refractivity contribution < 1.29 is 13.2 Å². The van der Waals surface area contributed by atoms with Crippen LogP contribution >= 0.6 is 11.6 Å². The van der Waals surface area contributed by atoms with Crippen LogP contribution in [0.4, 0.5) is 0 Å². The van der Waals surface area contributed by atoms with Gasteiger partial charge in [0.25, 0.3) is 0 Å². The van der Waals surface area contributed by atoms with Gasteiger partial charge in [0.05, 0.1) is 5.25 Å². The Hall–Kier alpha value is -0.330. The zero-order chi connectivity index (χ0) is 13.3. The number of sulfonamides is 1. The van der Waals surface area contributed by atoms with E-state index in [1.807, 2.05) is 0 Å². The molecule has 18 heavy (non-hydrogen) atoms. The van der Waals surface area contributed by atoms with Gasteiger partial charge in [-0.1, -0.05) is 0 Å². The molecule has 1 saturated heterocycles. The maximum atomic E-state index is 12.1. The van der Waals surface area contributed by atoms with Crippen LogP contribution in [0, 0.1) is 0 Å². The molecule has 0 radical (unpaired) electrons. The van der Waals surface area contributed by atoms with Crippen molar-refractivity contribution in [3.8, 4) is 0 Å². The fraction of sp³-hybridized carbons (Fsp3) is 0.909. The van der Waals surface area contributed by atoms with E-state index < -0.39 is 15.4 Å². The first-order valence-corrected chi connectivity index (χ1v) is 8.28. The SMILES string of the molecule is CC(Cl)C(=O)N[C@@H]1CCCN(S(=O)(=O)C2CC2)C1. The number of hydrogen-bond acceptors (Lipinski definition) is 3. The number of carbonyl (C=O) groups is 1. The largest absolute Gasteiger partial charge is 0.351 e. The molecule has 5 nitrogen and oxygen atoms in total. The van der Waals surface area contributed by atoms with Crippen LogP contribution in [0.2, 0.25) is 0 Å². The van der Waals surface area contributed by atoms with Gasteiger partial charge in [-0.2, -0.15) is 4.31 Å². The first-order chi connectivity index (χ1) is 8.41. The molecule has 1 heterocycles. The smallest absolute Gasteiger partial charge is 0.238 e. The van der Waals surface area contributed by atoms with E-state index in [1.54, 1.807) is 6.92 Å². The quantitative estimate of drug-likeness (QED) is 0.776. The van der Waals surface area contributed by atoms with E-state index in [9.17, 15) is 13.2 Å². The lowest BCUT2D eigenvalue weighted by molar-refractivity contribution is -0.121. The van der Waals surface area contributed by atoms with Gasteiger partial charge < -0.3 is 5.32 Å². The number of halogens is 1. The molecule has 0 bridgehead atoms. The number of amides is 1. The van der Waals surface area contributed by atoms with Gasteiger partial charge in [0.15, 0.2) is 0 Å². The lowest BCUT2D eigenvalue weighted by Gasteiger charge is -2.32. The highest BCUT2D eigenvalue weighted by Crippen LogP contribution is 2.32. The minimum Gasteiger partial charge on any atom is -0.351 e. The molecule has 1 saturated carbocycles. The summed E-state index contributed by atoms with van der Waals surface area (Å²) in [5.74, 6) is -0.229. The van der Waals surface area contributed by atoms with Crippen LogP contribution in [-0.2, 0) is 14.8 Å². The molecular formula is C11H19ClN2O3S. The number of nitrogens with one attached hydrogen (secondary N) is 1. The lowest BCUT2D eigenvalue weighted by Crippen LogP contribution is -2.51. The number of rotatable bonds is 4. The number of hydrogen-bond donors (Lipinski definition) is 1. The molecule has 1 amide bonds. The molecule has 7 heteroatoms. The molecule has 0 aromatic rings. The Bertz CT molecular complexity index is 420. The number of nitrogens with zero attached hydrogens (tertiary/aromatic N) is 1. The number of piperidine rings is 1. The topological polar surface area (TPSA) is 66.5 Å². The van der Waals surface area contributed by atoms with Crippen molar-refractivity contribution in [2.24, 2.45) is 0 Å². The molecule has 104 valence electrons. The standard InChI is InChI=1S/C11H19ClN2O3S/c1-8(12)11(15)13-9-3-2-6-14(7-9)18(16,17)10-4-5-10/h8-10H,2-7H2,1H3,(H,13,15)/t8?,9-/m1/s1. The molecule has 1 aliphatic heterocycles. The van der Waals surface area contributed by atoms with E-state index in [2.05, 4.69) is 5.32 Å². The predicted octanol–water partition coefficient (Wildman–Crippen LogP) is 0.687. The van der Waals surface area contributed by atoms with Gasteiger partial charge in [-0.3, -0.25) is 4.79 Å². The van der Waals surface area contributed by atoms with E-state index >= 15 is 0 Å². The molecule has 2 aliphatic rings. The molecule has 0 aromatic heterocycles. The average molecular weight is 295 g/mol. The fourth-order valence-electron chi connectivity index (χ4n) is 2.18. The third kappa shape index (κ3) is 3.16. The molecule has 1 unspecified atom stereocenters. The summed E-state index contributed by atoms with van der Waals surface area (Å²) in [6.07, 6.45) is 3.14. The Morgan fingerprint density at radius 2 is 2.06 bits per heavy atom. The Morgan fingerprint density at radius 1 is 1.39 bits per heavy atom. The Balaban J connectivity index is 1.94. The predicted molar refractivity (Wildman–Crippen MR) is 70.0 cm³/mol. The van der Waals surface area contributed by atoms with Crippen LogP contribution in [0.1, 0.15) is 32.6 Å². The van der Waals surface area contributed by atoms with Gasteiger partial charge in [0.1, 0.15) is 5.38 Å². The zero-order valence-corrected chi connectivity index (χ0v) is 12.0. The minimum absolute atomic E-state index is 0.110. The zero-order valence-electron chi connectivity index (χ0n) is 10.4. The highest BCUT2D eigenvalue weighted by atomic mass is 35.5. The van der Waals surface area contributed by atoms with E-state index in [1.165, 1.54) is 4.31 Å². The molecule has 2 atom stereocenters. The van der Waals surface area contributed by atoms with Crippen molar-refractivity contribution in [1.29, 1.82) is 0 Å². The van der Waals surface area contributed by atoms with Crippen molar-refractivity contribution in [3.63, 3.8) is 0 Å². The third-order valence-electron chi connectivity index (χ3n) is 3.40. The van der Waals surface area contributed by atoms with Crippen molar-refractivity contribution >= 4 is 27.5 Å². The van der Waals surface area contributed by atoms with Crippen LogP contribution in [0.5, 0.6) is 0 Å². The number of alkyl halides is 1. The Kier molecular flexibility index (Phi) is 4.18. The fourth-order valence-corrected chi connectivity index (χ4v) is 4.17. The number of carbonyl (C=O) groups excluding carboxylic acids is 1. The summed E-state index contributed by atoms with van der Waals surface area (Å²) < 4.78 is 25.7. The normalized spacial score (nSPS) is 27.8. The van der Waals surface area contributed by atoms with Gasteiger partial charge >= 0.3 is 0 Å². The summed E-state index contributed by atoms with van der Waals surface area (Å²) in [5, 5.41) is 2.04. The van der Waals surface area contributed by atoms with E-state index in [4.69, 9.17) is 11.6 Å². The average Bonchev–Trinajstić information content (AvgIpc) is 3.13. The first kappa shape index (κ1) is 14.1. The molecule has 0 spiro atoms. The van der Waals surface area contributed by atoms with Crippen LogP contribution in [0.3, 0.4) is 0 Å². The van der Waals surface area contributed by atoms with Crippen LogP contribution in [0.25, 0.3) is 0 Å². The van der Waals surface area contributed by atoms with Crippen LogP contribution in [-0.4, -0.2) is 48.4 Å². The van der Waals surface area contributed by atoms with Crippen LogP contribution in [0.15, 0.2) is 0 Å². The van der Waals surface area contributed by atoms with Gasteiger partial charge in [-0.25, -0.2) is 8.42 Å². The second-order valence-corrected chi connectivity index (χ2v) is 7.93. The highest BCUT2D eigenvalue weighted by molar-refractivity contribution is 7.90. The van der Waals surface area contributed by atoms with E-state index in [0.29, 0.717) is 13.1 Å². The third-order valence-corrected chi connectivity index (χ3v) is 5.96. The second-order valence-electron chi connectivity index (χ2n) is 5.07. The molecule has 1 aliphatic carbocycles. The summed E-state index contributed by atoms with van der Waals surface area (Å²) in [7, 11) is -3.13. The van der Waals surface area contributed by atoms with Crippen molar-refractivity contribution in [3.05, 3.63) is 0 Å². The molecule has 2 rings (SSSR count). The monoisotopic (exact) mass is 294 g/mol. The molecule has 0 aromatic carbocycles. The van der Waals surface area contributed by atoms with Crippen molar-refractivity contribution in [2.45, 2.75) is 49.3 Å². The second kappa shape index (κ2) is 5.35. The van der Waals surface area contributed by atoms with Gasteiger partial charge in [-0.15, -0.1) is 11.6 Å². The Morgan fingerprint density at radius 3 is 2.61 bits per heavy atom. The maximum Gasteiger partial charge on any atom is 0.238 e. The summed E-state index contributed by atoms with van der Waals surface area (Å²) in [4.78, 5) is 11.5. The minimum atomic E-state index is -3.13. The van der Waals surface area contributed by atoms with Crippen molar-refractivity contribution in [2.75, 3.05) is 13.1 Å². The maximum absolute atomic E-state index is 12.1. The van der Waals surface area contributed by atoms with E-state index in [0.717, 1.165) is 25.7 Å². The van der Waals surface area contributed by atoms with Crippen molar-refractivity contribution in [1.82, 2.24) is 9.62 Å². The van der Waals surface area contributed by atoms with Gasteiger partial charge in [-0.05, 0) is 32.6 Å². The summed E-state index contributed by atoms with van der Waals surface area (Å²) in [6.45, 7) is 2.56. The molecular weight excluding hydrogens is 276 g/mol. The summed E-state index contributed by atoms with van der Waals surface area (Å²) >= 11 is 5.69. The van der Waals surface area contributed by atoms with Crippen LogP contribution < -0.4 is 5.32 Å².